The highest BCUT2D eigenvalue weighted by atomic mass is 16.4. The van der Waals surface area contributed by atoms with E-state index in [9.17, 15) is 4.79 Å². The number of nitrogens with one attached hydrogen (secondary N) is 1. The molecule has 5 heteroatoms. The zero-order valence-electron chi connectivity index (χ0n) is 8.50. The summed E-state index contributed by atoms with van der Waals surface area (Å²) in [6, 6.07) is -0.285. The number of rotatable bonds is 3. The molecule has 1 rings (SSSR count). The van der Waals surface area contributed by atoms with Gasteiger partial charge in [-0.25, -0.2) is 4.98 Å². The first kappa shape index (κ1) is 10.7. The minimum Gasteiger partial charge on any atom is -0.436 e. The lowest BCUT2D eigenvalue weighted by molar-refractivity contribution is 0.0892. The molecule has 2 N–H and O–H groups in total. The Morgan fingerprint density at radius 1 is 1.64 bits per heavy atom. The van der Waals surface area contributed by atoms with Crippen LogP contribution in [0.1, 0.15) is 29.1 Å². The van der Waals surface area contributed by atoms with Crippen molar-refractivity contribution in [1.29, 1.82) is 0 Å². The number of carbonyl (C=O) groups is 1. The van der Waals surface area contributed by atoms with Crippen molar-refractivity contribution in [3.8, 4) is 0 Å². The summed E-state index contributed by atoms with van der Waals surface area (Å²) in [5.74, 6) is 0.330. The summed E-state index contributed by atoms with van der Waals surface area (Å²) in [7, 11) is 0. The molecular weight excluding hydrogens is 184 g/mol. The van der Waals surface area contributed by atoms with Crippen molar-refractivity contribution >= 4 is 5.91 Å². The smallest absolute Gasteiger partial charge is 0.289 e. The van der Waals surface area contributed by atoms with E-state index < -0.39 is 0 Å². The Morgan fingerprint density at radius 3 is 2.71 bits per heavy atom. The molecule has 0 aliphatic carbocycles. The fourth-order valence-corrected chi connectivity index (χ4v) is 1.08. The molecular formula is C9H14N2O3. The molecule has 1 atom stereocenters. The number of amides is 1. The number of hydrogen-bond donors (Lipinski definition) is 2. The summed E-state index contributed by atoms with van der Waals surface area (Å²) in [6.45, 7) is 4.99. The minimum absolute atomic E-state index is 0.0993. The predicted molar refractivity (Wildman–Crippen MR) is 50.0 cm³/mol. The Morgan fingerprint density at radius 2 is 2.29 bits per heavy atom. The van der Waals surface area contributed by atoms with Crippen molar-refractivity contribution in [2.45, 2.75) is 26.8 Å². The van der Waals surface area contributed by atoms with Crippen LogP contribution in [0.25, 0.3) is 0 Å². The molecule has 0 radical (unpaired) electrons. The zero-order valence-corrected chi connectivity index (χ0v) is 8.50. The Kier molecular flexibility index (Phi) is 3.24. The van der Waals surface area contributed by atoms with Crippen LogP contribution in [0.5, 0.6) is 0 Å². The topological polar surface area (TPSA) is 75.4 Å². The van der Waals surface area contributed by atoms with E-state index in [0.717, 1.165) is 0 Å². The van der Waals surface area contributed by atoms with E-state index >= 15 is 0 Å². The van der Waals surface area contributed by atoms with Gasteiger partial charge >= 0.3 is 0 Å². The second-order valence-electron chi connectivity index (χ2n) is 3.20. The van der Waals surface area contributed by atoms with Crippen LogP contribution in [-0.2, 0) is 0 Å². The summed E-state index contributed by atoms with van der Waals surface area (Å²) in [5, 5.41) is 11.3. The number of aromatic nitrogens is 1. The maximum Gasteiger partial charge on any atom is 0.289 e. The molecule has 1 amide bonds. The lowest BCUT2D eigenvalue weighted by Gasteiger charge is -2.08. The van der Waals surface area contributed by atoms with Gasteiger partial charge in [-0.15, -0.1) is 0 Å². The van der Waals surface area contributed by atoms with E-state index in [1.54, 1.807) is 20.8 Å². The second kappa shape index (κ2) is 4.23. The van der Waals surface area contributed by atoms with Crippen molar-refractivity contribution in [2.24, 2.45) is 0 Å². The first-order valence-corrected chi connectivity index (χ1v) is 4.40. The van der Waals surface area contributed by atoms with Crippen LogP contribution in [0.2, 0.25) is 0 Å². The van der Waals surface area contributed by atoms with Crippen molar-refractivity contribution in [2.75, 3.05) is 6.61 Å². The fraction of sp³-hybridized carbons (Fsp3) is 0.556. The number of aliphatic hydroxyl groups excluding tert-OH is 1. The second-order valence-corrected chi connectivity index (χ2v) is 3.20. The molecule has 1 heterocycles. The van der Waals surface area contributed by atoms with Crippen LogP contribution in [-0.4, -0.2) is 28.6 Å². The van der Waals surface area contributed by atoms with E-state index in [1.807, 2.05) is 0 Å². The number of oxazole rings is 1. The number of hydrogen-bond acceptors (Lipinski definition) is 4. The molecule has 0 aliphatic rings. The summed E-state index contributed by atoms with van der Waals surface area (Å²) < 4.78 is 5.12. The van der Waals surface area contributed by atoms with Crippen LogP contribution in [0.15, 0.2) is 4.42 Å². The number of nitrogens with zero attached hydrogens (tertiary/aromatic N) is 1. The Labute approximate surface area is 82.1 Å². The lowest BCUT2D eigenvalue weighted by atomic mass is 10.3. The summed E-state index contributed by atoms with van der Waals surface area (Å²) in [5.41, 5.74) is 0.560. The summed E-state index contributed by atoms with van der Waals surface area (Å²) in [6.07, 6.45) is 0. The molecule has 0 spiro atoms. The maximum atomic E-state index is 11.5. The Bertz CT molecular complexity index is 333. The van der Waals surface area contributed by atoms with Crippen LogP contribution in [0, 0.1) is 13.8 Å². The molecule has 0 saturated heterocycles. The van der Waals surface area contributed by atoms with Crippen molar-refractivity contribution < 1.29 is 14.3 Å². The molecule has 0 aromatic carbocycles. The van der Waals surface area contributed by atoms with Crippen LogP contribution in [0.4, 0.5) is 0 Å². The highest BCUT2D eigenvalue weighted by molar-refractivity contribution is 5.92. The summed E-state index contributed by atoms with van der Waals surface area (Å²) >= 11 is 0. The van der Waals surface area contributed by atoms with Gasteiger partial charge in [-0.1, -0.05) is 0 Å². The van der Waals surface area contributed by atoms with Crippen molar-refractivity contribution in [1.82, 2.24) is 10.3 Å². The average molecular weight is 198 g/mol. The van der Waals surface area contributed by atoms with Gasteiger partial charge in [0.2, 0.25) is 5.76 Å². The first-order chi connectivity index (χ1) is 6.54. The SMILES string of the molecule is Cc1nc(C)c(C(=O)N[C@@H](C)CO)o1. The fourth-order valence-electron chi connectivity index (χ4n) is 1.08. The predicted octanol–water partition coefficient (Wildman–Crippen LogP) is 0.402. The van der Waals surface area contributed by atoms with Gasteiger partial charge in [0.05, 0.1) is 12.3 Å². The largest absolute Gasteiger partial charge is 0.436 e. The normalized spacial score (nSPS) is 12.6. The van der Waals surface area contributed by atoms with Gasteiger partial charge in [0.1, 0.15) is 0 Å². The van der Waals surface area contributed by atoms with E-state index in [2.05, 4.69) is 10.3 Å². The van der Waals surface area contributed by atoms with E-state index in [-0.39, 0.29) is 24.3 Å². The molecule has 14 heavy (non-hydrogen) atoms. The van der Waals surface area contributed by atoms with Crippen LogP contribution in [0.3, 0.4) is 0 Å². The standard InChI is InChI=1S/C9H14N2O3/c1-5(4-12)10-9(13)8-6(2)11-7(3)14-8/h5,12H,4H2,1-3H3,(H,10,13)/t5-/m0/s1. The van der Waals surface area contributed by atoms with Gasteiger partial charge in [0.25, 0.3) is 5.91 Å². The highest BCUT2D eigenvalue weighted by Gasteiger charge is 2.16. The van der Waals surface area contributed by atoms with Gasteiger partial charge in [0, 0.05) is 13.0 Å². The van der Waals surface area contributed by atoms with Crippen molar-refractivity contribution in [3.63, 3.8) is 0 Å². The monoisotopic (exact) mass is 198 g/mol. The molecule has 78 valence electrons. The molecule has 5 nitrogen and oxygen atoms in total. The number of aliphatic hydroxyl groups is 1. The van der Waals surface area contributed by atoms with E-state index in [4.69, 9.17) is 9.52 Å². The molecule has 0 bridgehead atoms. The van der Waals surface area contributed by atoms with Gasteiger partial charge in [-0.3, -0.25) is 4.79 Å². The molecule has 0 unspecified atom stereocenters. The lowest BCUT2D eigenvalue weighted by Crippen LogP contribution is -2.35. The van der Waals surface area contributed by atoms with Gasteiger partial charge < -0.3 is 14.8 Å². The first-order valence-electron chi connectivity index (χ1n) is 4.40. The number of aryl methyl sites for hydroxylation is 2. The van der Waals surface area contributed by atoms with Gasteiger partial charge in [-0.2, -0.15) is 0 Å². The third-order valence-corrected chi connectivity index (χ3v) is 1.76. The third-order valence-electron chi connectivity index (χ3n) is 1.76. The van der Waals surface area contributed by atoms with Gasteiger partial charge in [0.15, 0.2) is 5.89 Å². The average Bonchev–Trinajstić information content (AvgIpc) is 2.45. The van der Waals surface area contributed by atoms with Crippen LogP contribution < -0.4 is 5.32 Å². The molecule has 0 aliphatic heterocycles. The third kappa shape index (κ3) is 2.32. The number of carbonyl (C=O) groups excluding carboxylic acids is 1. The van der Waals surface area contributed by atoms with Gasteiger partial charge in [-0.05, 0) is 13.8 Å². The molecule has 1 aromatic heterocycles. The van der Waals surface area contributed by atoms with Crippen molar-refractivity contribution in [3.05, 3.63) is 17.3 Å². The van der Waals surface area contributed by atoms with E-state index in [0.29, 0.717) is 11.6 Å². The molecule has 0 saturated carbocycles. The maximum absolute atomic E-state index is 11.5. The zero-order chi connectivity index (χ0) is 10.7. The Hall–Kier alpha value is -1.36. The molecule has 0 fully saturated rings. The summed E-state index contributed by atoms with van der Waals surface area (Å²) in [4.78, 5) is 15.5. The Balaban J connectivity index is 2.74. The molecule has 1 aromatic rings. The van der Waals surface area contributed by atoms with Crippen LogP contribution >= 0.6 is 0 Å². The highest BCUT2D eigenvalue weighted by Crippen LogP contribution is 2.08. The van der Waals surface area contributed by atoms with E-state index in [1.165, 1.54) is 0 Å². The quantitative estimate of drug-likeness (QED) is 0.737. The minimum atomic E-state index is -0.343.